The molecule has 0 bridgehead atoms. The van der Waals surface area contributed by atoms with Crippen LogP contribution in [0.4, 0.5) is 0 Å². The second-order valence-corrected chi connectivity index (χ2v) is 12.9. The number of hydrogen-bond acceptors (Lipinski definition) is 4. The van der Waals surface area contributed by atoms with Gasteiger partial charge in [-0.3, -0.25) is 0 Å². The number of benzene rings is 1. The lowest BCUT2D eigenvalue weighted by atomic mass is 10.1. The average molecular weight is 396 g/mol. The molecule has 1 N–H and O–H groups in total. The molecule has 0 unspecified atom stereocenters. The van der Waals surface area contributed by atoms with Crippen LogP contribution >= 0.6 is 15.9 Å². The Kier molecular flexibility index (Phi) is 6.15. The maximum Gasteiger partial charge on any atom is 0.140 e. The van der Waals surface area contributed by atoms with E-state index in [4.69, 9.17) is 4.74 Å². The Labute approximate surface area is 146 Å². The molecule has 23 heavy (non-hydrogen) atoms. The SMILES string of the molecule is C[Si](C)(C)CCOCn1nc(Br)cc1/C(=N\O)c1ccccc1. The summed E-state index contributed by atoms with van der Waals surface area (Å²) in [5, 5.41) is 17.3. The van der Waals surface area contributed by atoms with Crippen LogP contribution in [0.5, 0.6) is 0 Å². The summed E-state index contributed by atoms with van der Waals surface area (Å²) < 4.78 is 8.14. The first kappa shape index (κ1) is 17.9. The van der Waals surface area contributed by atoms with E-state index in [0.29, 0.717) is 29.3 Å². The van der Waals surface area contributed by atoms with Gasteiger partial charge in [-0.25, -0.2) is 4.68 Å². The number of ether oxygens (including phenoxy) is 1. The quantitative estimate of drug-likeness (QED) is 0.251. The molecule has 0 atom stereocenters. The molecule has 0 aliphatic carbocycles. The topological polar surface area (TPSA) is 59.6 Å². The van der Waals surface area contributed by atoms with Crippen LogP contribution in [0.3, 0.4) is 0 Å². The van der Waals surface area contributed by atoms with E-state index in [0.717, 1.165) is 11.6 Å². The molecular weight excluding hydrogens is 374 g/mol. The minimum Gasteiger partial charge on any atom is -0.410 e. The maximum atomic E-state index is 9.44. The molecule has 1 aromatic carbocycles. The Morgan fingerprint density at radius 1 is 1.30 bits per heavy atom. The van der Waals surface area contributed by atoms with Crippen LogP contribution in [0, 0.1) is 0 Å². The number of rotatable bonds is 7. The van der Waals surface area contributed by atoms with Crippen LogP contribution in [0.25, 0.3) is 0 Å². The zero-order valence-electron chi connectivity index (χ0n) is 13.7. The summed E-state index contributed by atoms with van der Waals surface area (Å²) in [7, 11) is -1.11. The van der Waals surface area contributed by atoms with Crippen LogP contribution in [0.1, 0.15) is 11.3 Å². The third-order valence-corrected chi connectivity index (χ3v) is 5.44. The van der Waals surface area contributed by atoms with Gasteiger partial charge in [-0.1, -0.05) is 55.1 Å². The molecular formula is C16H22BrN3O2Si. The van der Waals surface area contributed by atoms with Crippen LogP contribution in [0.2, 0.25) is 25.7 Å². The largest absolute Gasteiger partial charge is 0.410 e. The first-order valence-corrected chi connectivity index (χ1v) is 12.0. The second kappa shape index (κ2) is 7.90. The van der Waals surface area contributed by atoms with Crippen molar-refractivity contribution in [1.29, 1.82) is 0 Å². The van der Waals surface area contributed by atoms with Crippen LogP contribution in [-0.2, 0) is 11.5 Å². The summed E-state index contributed by atoms with van der Waals surface area (Å²) >= 11 is 3.38. The Morgan fingerprint density at radius 2 is 2.00 bits per heavy atom. The van der Waals surface area contributed by atoms with E-state index in [2.05, 4.69) is 45.8 Å². The van der Waals surface area contributed by atoms with Crippen molar-refractivity contribution in [3.05, 3.63) is 52.3 Å². The third kappa shape index (κ3) is 5.30. The fourth-order valence-electron chi connectivity index (χ4n) is 2.06. The lowest BCUT2D eigenvalue weighted by Crippen LogP contribution is -2.22. The summed E-state index contributed by atoms with van der Waals surface area (Å²) in [6.07, 6.45) is 0. The van der Waals surface area contributed by atoms with E-state index in [-0.39, 0.29) is 0 Å². The molecule has 0 aliphatic heterocycles. The van der Waals surface area contributed by atoms with Gasteiger partial charge in [0, 0.05) is 26.3 Å². The van der Waals surface area contributed by atoms with Crippen molar-refractivity contribution in [3.8, 4) is 0 Å². The molecule has 0 spiro atoms. The summed E-state index contributed by atoms with van der Waals surface area (Å²) in [4.78, 5) is 0. The fourth-order valence-corrected chi connectivity index (χ4v) is 3.22. The van der Waals surface area contributed by atoms with Gasteiger partial charge in [-0.05, 0) is 22.0 Å². The number of aromatic nitrogens is 2. The van der Waals surface area contributed by atoms with Crippen molar-refractivity contribution in [2.75, 3.05) is 6.61 Å². The highest BCUT2D eigenvalue weighted by molar-refractivity contribution is 9.10. The van der Waals surface area contributed by atoms with E-state index in [9.17, 15) is 5.21 Å². The van der Waals surface area contributed by atoms with Gasteiger partial charge in [-0.2, -0.15) is 5.10 Å². The van der Waals surface area contributed by atoms with Crippen LogP contribution < -0.4 is 0 Å². The maximum absolute atomic E-state index is 9.44. The first-order chi connectivity index (χ1) is 10.9. The van der Waals surface area contributed by atoms with Gasteiger partial charge in [0.1, 0.15) is 17.0 Å². The van der Waals surface area contributed by atoms with Gasteiger partial charge >= 0.3 is 0 Å². The lowest BCUT2D eigenvalue weighted by molar-refractivity contribution is 0.0779. The van der Waals surface area contributed by atoms with Crippen molar-refractivity contribution in [3.63, 3.8) is 0 Å². The van der Waals surface area contributed by atoms with Crippen LogP contribution in [0.15, 0.2) is 46.2 Å². The molecule has 0 saturated heterocycles. The number of nitrogens with zero attached hydrogens (tertiary/aromatic N) is 3. The van der Waals surface area contributed by atoms with Gasteiger partial charge in [0.15, 0.2) is 0 Å². The van der Waals surface area contributed by atoms with E-state index in [1.165, 1.54) is 0 Å². The number of halogens is 1. The average Bonchev–Trinajstić information content (AvgIpc) is 2.85. The van der Waals surface area contributed by atoms with Gasteiger partial charge in [0.2, 0.25) is 0 Å². The molecule has 0 saturated carbocycles. The minimum absolute atomic E-state index is 0.331. The second-order valence-electron chi connectivity index (χ2n) is 6.51. The van der Waals surface area contributed by atoms with Crippen molar-refractivity contribution >= 4 is 29.7 Å². The van der Waals surface area contributed by atoms with Gasteiger partial charge in [0.25, 0.3) is 0 Å². The summed E-state index contributed by atoms with van der Waals surface area (Å²) in [5.74, 6) is 0. The highest BCUT2D eigenvalue weighted by Crippen LogP contribution is 2.17. The smallest absolute Gasteiger partial charge is 0.140 e. The molecule has 2 rings (SSSR count). The molecule has 0 fully saturated rings. The first-order valence-electron chi connectivity index (χ1n) is 7.49. The molecule has 0 radical (unpaired) electrons. The normalized spacial score (nSPS) is 12.6. The van der Waals surface area contributed by atoms with Crippen LogP contribution in [-0.4, -0.2) is 35.4 Å². The van der Waals surface area contributed by atoms with Gasteiger partial charge in [0.05, 0.1) is 5.69 Å². The number of oxime groups is 1. The molecule has 124 valence electrons. The van der Waals surface area contributed by atoms with Crippen molar-refractivity contribution in [2.24, 2.45) is 5.16 Å². The minimum atomic E-state index is -1.11. The standard InChI is InChI=1S/C16H22BrN3O2Si/c1-23(2,3)10-9-22-12-20-14(11-15(17)18-20)16(19-21)13-7-5-4-6-8-13/h4-8,11,21H,9-10,12H2,1-3H3/b19-16-. The summed E-state index contributed by atoms with van der Waals surface area (Å²) in [5.41, 5.74) is 2.00. The van der Waals surface area contributed by atoms with Crippen molar-refractivity contribution < 1.29 is 9.94 Å². The molecule has 2 aromatic rings. The highest BCUT2D eigenvalue weighted by atomic mass is 79.9. The van der Waals surface area contributed by atoms with Crippen molar-refractivity contribution in [2.45, 2.75) is 32.4 Å². The predicted octanol–water partition coefficient (Wildman–Crippen LogP) is 4.18. The fraction of sp³-hybridized carbons (Fsp3) is 0.375. The molecule has 7 heteroatoms. The van der Waals surface area contributed by atoms with E-state index in [1.54, 1.807) is 4.68 Å². The number of hydrogen-bond donors (Lipinski definition) is 1. The predicted molar refractivity (Wildman–Crippen MR) is 97.9 cm³/mol. The van der Waals surface area contributed by atoms with E-state index >= 15 is 0 Å². The molecule has 5 nitrogen and oxygen atoms in total. The monoisotopic (exact) mass is 395 g/mol. The lowest BCUT2D eigenvalue weighted by Gasteiger charge is -2.16. The highest BCUT2D eigenvalue weighted by Gasteiger charge is 2.16. The van der Waals surface area contributed by atoms with Crippen molar-refractivity contribution in [1.82, 2.24) is 9.78 Å². The van der Waals surface area contributed by atoms with Gasteiger partial charge < -0.3 is 9.94 Å². The van der Waals surface area contributed by atoms with E-state index < -0.39 is 8.07 Å². The Balaban J connectivity index is 2.14. The zero-order chi connectivity index (χ0) is 16.9. The molecule has 1 heterocycles. The Hall–Kier alpha value is -1.44. The summed E-state index contributed by atoms with van der Waals surface area (Å²) in [6.45, 7) is 8.00. The Morgan fingerprint density at radius 3 is 2.61 bits per heavy atom. The summed E-state index contributed by atoms with van der Waals surface area (Å²) in [6, 6.07) is 12.4. The third-order valence-electron chi connectivity index (χ3n) is 3.35. The van der Waals surface area contributed by atoms with E-state index in [1.807, 2.05) is 36.4 Å². The zero-order valence-corrected chi connectivity index (χ0v) is 16.2. The van der Waals surface area contributed by atoms with Gasteiger partial charge in [-0.15, -0.1) is 0 Å². The molecule has 0 amide bonds. The molecule has 1 aromatic heterocycles. The molecule has 0 aliphatic rings. The Bertz CT molecular complexity index is 666.